The Morgan fingerprint density at radius 1 is 1.33 bits per heavy atom. The van der Waals surface area contributed by atoms with E-state index >= 15 is 0 Å². The van der Waals surface area contributed by atoms with E-state index in [1.54, 1.807) is 0 Å². The van der Waals surface area contributed by atoms with Crippen molar-refractivity contribution in [3.8, 4) is 0 Å². The molecule has 3 nitrogen and oxygen atoms in total. The summed E-state index contributed by atoms with van der Waals surface area (Å²) in [4.78, 5) is 2.35. The number of anilines is 1. The van der Waals surface area contributed by atoms with Crippen LogP contribution in [0, 0.1) is 10.8 Å². The highest BCUT2D eigenvalue weighted by molar-refractivity contribution is 6.34. The van der Waals surface area contributed by atoms with Crippen molar-refractivity contribution in [3.63, 3.8) is 0 Å². The second-order valence-electron chi connectivity index (χ2n) is 5.73. The molecular formula is C14H20ClN3. The molecule has 0 saturated carbocycles. The van der Waals surface area contributed by atoms with Crippen LogP contribution in [-0.4, -0.2) is 18.9 Å². The lowest BCUT2D eigenvalue weighted by molar-refractivity contribution is 0.280. The van der Waals surface area contributed by atoms with Crippen LogP contribution in [0.25, 0.3) is 0 Å². The van der Waals surface area contributed by atoms with Gasteiger partial charge in [-0.1, -0.05) is 25.4 Å². The second-order valence-corrected chi connectivity index (χ2v) is 6.14. The first kappa shape index (κ1) is 13.2. The highest BCUT2D eigenvalue weighted by atomic mass is 35.5. The van der Waals surface area contributed by atoms with Crippen LogP contribution >= 0.6 is 11.6 Å². The van der Waals surface area contributed by atoms with E-state index in [1.165, 1.54) is 12.8 Å². The summed E-state index contributed by atoms with van der Waals surface area (Å²) >= 11 is 6.15. The number of piperidine rings is 1. The lowest BCUT2D eigenvalue weighted by atomic mass is 9.82. The predicted molar refractivity (Wildman–Crippen MR) is 77.7 cm³/mol. The molecule has 0 radical (unpaired) electrons. The number of benzene rings is 1. The maximum absolute atomic E-state index is 7.42. The molecule has 0 aliphatic carbocycles. The fourth-order valence-electron chi connectivity index (χ4n) is 2.29. The summed E-state index contributed by atoms with van der Waals surface area (Å²) in [5.74, 6) is 0.0197. The van der Waals surface area contributed by atoms with Crippen LogP contribution < -0.4 is 10.6 Å². The topological polar surface area (TPSA) is 53.1 Å². The molecule has 1 heterocycles. The maximum Gasteiger partial charge on any atom is 0.124 e. The van der Waals surface area contributed by atoms with Gasteiger partial charge in [-0.25, -0.2) is 0 Å². The Bertz CT molecular complexity index is 458. The van der Waals surface area contributed by atoms with Gasteiger partial charge in [0.25, 0.3) is 0 Å². The molecule has 4 heteroatoms. The highest BCUT2D eigenvalue weighted by Gasteiger charge is 2.25. The smallest absolute Gasteiger partial charge is 0.124 e. The predicted octanol–water partition coefficient (Wildman–Crippen LogP) is 3.25. The van der Waals surface area contributed by atoms with Crippen molar-refractivity contribution in [2.75, 3.05) is 18.0 Å². The van der Waals surface area contributed by atoms with E-state index in [9.17, 15) is 0 Å². The number of nitrogens with one attached hydrogen (secondary N) is 1. The average molecular weight is 266 g/mol. The zero-order chi connectivity index (χ0) is 13.3. The molecule has 0 bridgehead atoms. The van der Waals surface area contributed by atoms with Crippen LogP contribution in [-0.2, 0) is 0 Å². The van der Waals surface area contributed by atoms with E-state index in [-0.39, 0.29) is 5.84 Å². The Morgan fingerprint density at radius 3 is 2.44 bits per heavy atom. The summed E-state index contributed by atoms with van der Waals surface area (Å²) in [6.45, 7) is 6.75. The quantitative estimate of drug-likeness (QED) is 0.637. The number of nitrogens with two attached hydrogens (primary N) is 1. The molecule has 0 spiro atoms. The molecule has 0 unspecified atom stereocenters. The standard InChI is InChI=1S/C14H20ClN3/c1-14(2)5-7-18(8-6-14)10-3-4-11(13(16)17)12(15)9-10/h3-4,9H,5-8H2,1-2H3,(H3,16,17). The fourth-order valence-corrected chi connectivity index (χ4v) is 2.57. The lowest BCUT2D eigenvalue weighted by Crippen LogP contribution is -2.37. The van der Waals surface area contributed by atoms with Gasteiger partial charge < -0.3 is 10.6 Å². The Hall–Kier alpha value is -1.22. The van der Waals surface area contributed by atoms with Crippen LogP contribution in [0.3, 0.4) is 0 Å². The van der Waals surface area contributed by atoms with Gasteiger partial charge in [-0.15, -0.1) is 0 Å². The van der Waals surface area contributed by atoms with Crippen molar-refractivity contribution in [3.05, 3.63) is 28.8 Å². The van der Waals surface area contributed by atoms with Crippen molar-refractivity contribution in [1.29, 1.82) is 5.41 Å². The van der Waals surface area contributed by atoms with Gasteiger partial charge in [0, 0.05) is 24.3 Å². The zero-order valence-electron chi connectivity index (χ0n) is 11.0. The third kappa shape index (κ3) is 2.78. The monoisotopic (exact) mass is 265 g/mol. The van der Waals surface area contributed by atoms with Crippen molar-refractivity contribution >= 4 is 23.1 Å². The number of hydrogen-bond donors (Lipinski definition) is 2. The van der Waals surface area contributed by atoms with Gasteiger partial charge >= 0.3 is 0 Å². The van der Waals surface area contributed by atoms with Crippen molar-refractivity contribution in [2.45, 2.75) is 26.7 Å². The van der Waals surface area contributed by atoms with Gasteiger partial charge in [0.05, 0.1) is 5.02 Å². The van der Waals surface area contributed by atoms with E-state index in [1.807, 2.05) is 18.2 Å². The van der Waals surface area contributed by atoms with Crippen molar-refractivity contribution < 1.29 is 0 Å². The number of rotatable bonds is 2. The molecule has 1 aromatic carbocycles. The minimum absolute atomic E-state index is 0.0197. The molecule has 1 aliphatic rings. The molecule has 0 atom stereocenters. The summed E-state index contributed by atoms with van der Waals surface area (Å²) in [7, 11) is 0. The first-order chi connectivity index (χ1) is 8.39. The zero-order valence-corrected chi connectivity index (χ0v) is 11.7. The number of halogens is 1. The average Bonchev–Trinajstić information content (AvgIpc) is 2.28. The van der Waals surface area contributed by atoms with Crippen LogP contribution in [0.5, 0.6) is 0 Å². The molecule has 0 aromatic heterocycles. The summed E-state index contributed by atoms with van der Waals surface area (Å²) in [5.41, 5.74) is 7.64. The number of amidine groups is 1. The summed E-state index contributed by atoms with van der Waals surface area (Å²) in [6.07, 6.45) is 2.39. The Balaban J connectivity index is 2.16. The number of nitrogens with zero attached hydrogens (tertiary/aromatic N) is 1. The van der Waals surface area contributed by atoms with Crippen molar-refractivity contribution in [2.24, 2.45) is 11.1 Å². The fraction of sp³-hybridized carbons (Fsp3) is 0.500. The second kappa shape index (κ2) is 4.81. The largest absolute Gasteiger partial charge is 0.384 e. The van der Waals surface area contributed by atoms with Gasteiger partial charge in [-0.3, -0.25) is 5.41 Å². The maximum atomic E-state index is 7.42. The Morgan fingerprint density at radius 2 is 1.94 bits per heavy atom. The molecule has 18 heavy (non-hydrogen) atoms. The molecule has 2 rings (SSSR count). The third-order valence-corrected chi connectivity index (χ3v) is 4.04. The normalized spacial score (nSPS) is 18.7. The molecule has 3 N–H and O–H groups in total. The van der Waals surface area contributed by atoms with E-state index in [0.717, 1.165) is 18.8 Å². The van der Waals surface area contributed by atoms with Gasteiger partial charge in [-0.05, 0) is 36.5 Å². The molecule has 1 aromatic rings. The SMILES string of the molecule is CC1(C)CCN(c2ccc(C(=N)N)c(Cl)c2)CC1. The summed E-state index contributed by atoms with van der Waals surface area (Å²) in [6, 6.07) is 5.75. The first-order valence-electron chi connectivity index (χ1n) is 6.28. The lowest BCUT2D eigenvalue weighted by Gasteiger charge is -2.38. The molecular weight excluding hydrogens is 246 g/mol. The van der Waals surface area contributed by atoms with Crippen molar-refractivity contribution in [1.82, 2.24) is 0 Å². The van der Waals surface area contributed by atoms with Gasteiger partial charge in [0.15, 0.2) is 0 Å². The molecule has 1 aliphatic heterocycles. The van der Waals surface area contributed by atoms with E-state index < -0.39 is 0 Å². The number of hydrogen-bond acceptors (Lipinski definition) is 2. The first-order valence-corrected chi connectivity index (χ1v) is 6.66. The van der Waals surface area contributed by atoms with E-state index in [2.05, 4.69) is 18.7 Å². The minimum atomic E-state index is 0.0197. The van der Waals surface area contributed by atoms with Gasteiger partial charge in [0.2, 0.25) is 0 Å². The molecule has 1 fully saturated rings. The van der Waals surface area contributed by atoms with Gasteiger partial charge in [0.1, 0.15) is 5.84 Å². The molecule has 1 saturated heterocycles. The molecule has 98 valence electrons. The number of nitrogen functional groups attached to an aromatic ring is 1. The van der Waals surface area contributed by atoms with Crippen LogP contribution in [0.4, 0.5) is 5.69 Å². The van der Waals surface area contributed by atoms with E-state index in [0.29, 0.717) is 16.0 Å². The summed E-state index contributed by atoms with van der Waals surface area (Å²) < 4.78 is 0. The van der Waals surface area contributed by atoms with Gasteiger partial charge in [-0.2, -0.15) is 0 Å². The molecule has 0 amide bonds. The Kier molecular flexibility index (Phi) is 3.53. The summed E-state index contributed by atoms with van der Waals surface area (Å²) in [5, 5.41) is 7.98. The Labute approximate surface area is 113 Å². The minimum Gasteiger partial charge on any atom is -0.384 e. The van der Waals surface area contributed by atoms with E-state index in [4.69, 9.17) is 22.7 Å². The third-order valence-electron chi connectivity index (χ3n) is 3.72. The van der Waals surface area contributed by atoms with Crippen LogP contribution in [0.2, 0.25) is 5.02 Å². The highest BCUT2D eigenvalue weighted by Crippen LogP contribution is 2.33. The van der Waals surface area contributed by atoms with Crippen LogP contribution in [0.1, 0.15) is 32.3 Å². The van der Waals surface area contributed by atoms with Crippen LogP contribution in [0.15, 0.2) is 18.2 Å².